The lowest BCUT2D eigenvalue weighted by molar-refractivity contribution is 0.104. The third-order valence-corrected chi connectivity index (χ3v) is 7.76. The molecule has 0 amide bonds. The molecule has 4 heterocycles. The van der Waals surface area contributed by atoms with Crippen molar-refractivity contribution in [3.8, 4) is 28.5 Å². The molecule has 0 saturated heterocycles. The quantitative estimate of drug-likeness (QED) is 0.332. The van der Waals surface area contributed by atoms with Gasteiger partial charge in [0.2, 0.25) is 6.79 Å². The minimum Gasteiger partial charge on any atom is -0.497 e. The fourth-order valence-corrected chi connectivity index (χ4v) is 6.07. The number of anilines is 1. The molecule has 0 spiro atoms. The largest absolute Gasteiger partial charge is 0.497 e. The fourth-order valence-electron chi connectivity index (χ4n) is 5.18. The van der Waals surface area contributed by atoms with Gasteiger partial charge in [0, 0.05) is 45.7 Å². The van der Waals surface area contributed by atoms with Gasteiger partial charge in [-0.15, -0.1) is 11.3 Å². The minimum atomic E-state index is -0.0387. The first kappa shape index (κ1) is 20.4. The Bertz CT molecular complexity index is 1540. The molecule has 2 bridgehead atoms. The van der Waals surface area contributed by atoms with Crippen LogP contribution < -0.4 is 19.1 Å². The number of ether oxygens (including phenoxy) is 3. The predicted octanol–water partition coefficient (Wildman–Crippen LogP) is 6.18. The molecule has 5 aromatic rings. The maximum atomic E-state index is 5.94. The molecule has 0 aliphatic carbocycles. The van der Waals surface area contributed by atoms with E-state index in [1.807, 2.05) is 24.3 Å². The molecule has 35 heavy (non-hydrogen) atoms. The molecule has 1 unspecified atom stereocenters. The molecule has 2 aliphatic rings. The summed E-state index contributed by atoms with van der Waals surface area (Å²) in [6.07, 6.45) is 0.949. The number of hydrogen-bond donors (Lipinski definition) is 1. The van der Waals surface area contributed by atoms with Crippen molar-refractivity contribution in [2.24, 2.45) is 0 Å². The first-order valence-electron chi connectivity index (χ1n) is 11.6. The number of hydrogen-bond acceptors (Lipinski definition) is 6. The molecule has 6 nitrogen and oxygen atoms in total. The Hall–Kier alpha value is -3.97. The normalized spacial score (nSPS) is 16.5. The van der Waals surface area contributed by atoms with Gasteiger partial charge in [-0.3, -0.25) is 0 Å². The molecular weight excluding hydrogens is 458 g/mol. The number of aromatic amines is 1. The summed E-state index contributed by atoms with van der Waals surface area (Å²) in [6.45, 7) is 1.10. The van der Waals surface area contributed by atoms with Gasteiger partial charge in [0.1, 0.15) is 23.3 Å². The molecule has 2 aliphatic heterocycles. The molecule has 7 rings (SSSR count). The Kier molecular flexibility index (Phi) is 4.70. The topological polar surface area (TPSA) is 59.6 Å². The maximum absolute atomic E-state index is 5.94. The number of benzene rings is 3. The van der Waals surface area contributed by atoms with E-state index in [9.17, 15) is 0 Å². The van der Waals surface area contributed by atoms with Crippen molar-refractivity contribution in [1.82, 2.24) is 9.97 Å². The Labute approximate surface area is 206 Å². The van der Waals surface area contributed by atoms with Crippen LogP contribution in [0.1, 0.15) is 22.9 Å². The molecule has 2 aromatic heterocycles. The number of para-hydroxylation sites is 1. The first-order valence-corrected chi connectivity index (χ1v) is 12.5. The number of nitrogens with zero attached hydrogens (tertiary/aromatic N) is 2. The number of rotatable bonds is 4. The van der Waals surface area contributed by atoms with E-state index in [4.69, 9.17) is 19.2 Å². The van der Waals surface area contributed by atoms with E-state index in [1.54, 1.807) is 18.4 Å². The van der Waals surface area contributed by atoms with Crippen molar-refractivity contribution in [3.63, 3.8) is 0 Å². The molecule has 0 radical (unpaired) electrons. The van der Waals surface area contributed by atoms with Crippen LogP contribution in [-0.2, 0) is 6.42 Å². The average molecular weight is 482 g/mol. The van der Waals surface area contributed by atoms with Gasteiger partial charge >= 0.3 is 0 Å². The molecule has 7 heteroatoms. The van der Waals surface area contributed by atoms with Crippen molar-refractivity contribution in [2.45, 2.75) is 12.5 Å². The van der Waals surface area contributed by atoms with E-state index in [0.29, 0.717) is 0 Å². The Morgan fingerprint density at radius 1 is 1.06 bits per heavy atom. The third kappa shape index (κ3) is 3.34. The molecule has 1 atom stereocenters. The summed E-state index contributed by atoms with van der Waals surface area (Å²) in [4.78, 5) is 11.2. The first-order chi connectivity index (χ1) is 17.3. The zero-order chi connectivity index (χ0) is 23.4. The molecule has 0 fully saturated rings. The van der Waals surface area contributed by atoms with Gasteiger partial charge in [0.05, 0.1) is 12.8 Å². The van der Waals surface area contributed by atoms with Crippen LogP contribution in [0, 0.1) is 0 Å². The fraction of sp³-hybridized carbons (Fsp3) is 0.179. The summed E-state index contributed by atoms with van der Waals surface area (Å²) >= 11 is 1.68. The SMILES string of the molecule is COc1ccc(-c2csc(N3CCc4c([nH]c5ccccc45)C3c3ccc4cc3OCO4)n2)cc1. The lowest BCUT2D eigenvalue weighted by Crippen LogP contribution is -2.36. The van der Waals surface area contributed by atoms with Gasteiger partial charge in [-0.1, -0.05) is 18.2 Å². The van der Waals surface area contributed by atoms with Crippen LogP contribution in [0.2, 0.25) is 0 Å². The average Bonchev–Trinajstić information content (AvgIpc) is 3.54. The zero-order valence-corrected chi connectivity index (χ0v) is 20.0. The van der Waals surface area contributed by atoms with Crippen molar-refractivity contribution in [2.75, 3.05) is 25.3 Å². The lowest BCUT2D eigenvalue weighted by atomic mass is 9.92. The van der Waals surface area contributed by atoms with E-state index in [-0.39, 0.29) is 12.8 Å². The summed E-state index contributed by atoms with van der Waals surface area (Å²) in [6, 6.07) is 22.7. The standard InChI is InChI=1S/C28H23N3O3S/c1-32-18-8-6-17(7-9-18)24-15-35-28(30-24)31-13-12-21-20-4-2-3-5-23(20)29-26(21)27(31)22-11-10-19-14-25(22)34-16-33-19/h2-11,14-15,27,29H,12-13,16H2,1H3. The lowest BCUT2D eigenvalue weighted by Gasteiger charge is -2.37. The zero-order valence-electron chi connectivity index (χ0n) is 19.2. The van der Waals surface area contributed by atoms with Gasteiger partial charge in [-0.05, 0) is 54.4 Å². The van der Waals surface area contributed by atoms with Crippen LogP contribution in [0.3, 0.4) is 0 Å². The van der Waals surface area contributed by atoms with Crippen LogP contribution >= 0.6 is 11.3 Å². The molecule has 1 N–H and O–H groups in total. The second-order valence-electron chi connectivity index (χ2n) is 8.76. The summed E-state index contributed by atoms with van der Waals surface area (Å²) in [5, 5.41) is 4.42. The second kappa shape index (κ2) is 8.06. The predicted molar refractivity (Wildman–Crippen MR) is 138 cm³/mol. The summed E-state index contributed by atoms with van der Waals surface area (Å²) in [7, 11) is 1.68. The Balaban J connectivity index is 1.35. The Morgan fingerprint density at radius 2 is 1.94 bits per heavy atom. The number of fused-ring (bicyclic) bond motifs is 5. The minimum absolute atomic E-state index is 0.0387. The summed E-state index contributed by atoms with van der Waals surface area (Å²) in [5.74, 6) is 2.54. The Morgan fingerprint density at radius 3 is 2.83 bits per heavy atom. The van der Waals surface area contributed by atoms with Crippen LogP contribution in [0.25, 0.3) is 22.2 Å². The molecule has 0 saturated carbocycles. The molecular formula is C28H23N3O3S. The van der Waals surface area contributed by atoms with Gasteiger partial charge < -0.3 is 24.1 Å². The molecule has 174 valence electrons. The van der Waals surface area contributed by atoms with E-state index >= 15 is 0 Å². The van der Waals surface area contributed by atoms with Gasteiger partial charge in [-0.25, -0.2) is 4.98 Å². The van der Waals surface area contributed by atoms with Crippen molar-refractivity contribution in [1.29, 1.82) is 0 Å². The summed E-state index contributed by atoms with van der Waals surface area (Å²) < 4.78 is 16.8. The van der Waals surface area contributed by atoms with E-state index < -0.39 is 0 Å². The van der Waals surface area contributed by atoms with E-state index in [2.05, 4.69) is 57.7 Å². The highest BCUT2D eigenvalue weighted by Gasteiger charge is 2.35. The monoisotopic (exact) mass is 481 g/mol. The number of thiazole rings is 1. The highest BCUT2D eigenvalue weighted by atomic mass is 32.1. The number of nitrogens with one attached hydrogen (secondary N) is 1. The number of methoxy groups -OCH3 is 1. The van der Waals surface area contributed by atoms with Crippen molar-refractivity contribution >= 4 is 27.4 Å². The number of H-pyrrole nitrogens is 1. The summed E-state index contributed by atoms with van der Waals surface area (Å²) in [5.41, 5.74) is 6.90. The van der Waals surface area contributed by atoms with Crippen LogP contribution in [0.4, 0.5) is 5.13 Å². The van der Waals surface area contributed by atoms with Gasteiger partial charge in [0.25, 0.3) is 0 Å². The highest BCUT2D eigenvalue weighted by molar-refractivity contribution is 7.14. The van der Waals surface area contributed by atoms with Crippen LogP contribution in [0.5, 0.6) is 17.2 Å². The highest BCUT2D eigenvalue weighted by Crippen LogP contribution is 2.46. The van der Waals surface area contributed by atoms with Crippen molar-refractivity contribution in [3.05, 3.63) is 88.9 Å². The van der Waals surface area contributed by atoms with Crippen LogP contribution in [-0.4, -0.2) is 30.4 Å². The molecule has 3 aromatic carbocycles. The smallest absolute Gasteiger partial charge is 0.230 e. The van der Waals surface area contributed by atoms with Gasteiger partial charge in [-0.2, -0.15) is 0 Å². The van der Waals surface area contributed by atoms with Crippen molar-refractivity contribution < 1.29 is 14.2 Å². The van der Waals surface area contributed by atoms with Crippen LogP contribution in [0.15, 0.2) is 72.1 Å². The van der Waals surface area contributed by atoms with E-state index in [1.165, 1.54) is 16.6 Å². The van der Waals surface area contributed by atoms with E-state index in [0.717, 1.165) is 57.7 Å². The number of aromatic nitrogens is 2. The maximum Gasteiger partial charge on any atom is 0.230 e. The second-order valence-corrected chi connectivity index (χ2v) is 9.60. The van der Waals surface area contributed by atoms with Gasteiger partial charge in [0.15, 0.2) is 5.13 Å². The third-order valence-electron chi connectivity index (χ3n) is 6.88.